The van der Waals surface area contributed by atoms with Crippen LogP contribution in [0.3, 0.4) is 0 Å². The van der Waals surface area contributed by atoms with Crippen molar-refractivity contribution in [1.29, 1.82) is 0 Å². The van der Waals surface area contributed by atoms with Crippen LogP contribution in [0.15, 0.2) is 77.3 Å². The Bertz CT molecular complexity index is 961. The summed E-state index contributed by atoms with van der Waals surface area (Å²) in [7, 11) is 0. The number of nitrogens with zero attached hydrogens (tertiary/aromatic N) is 1. The van der Waals surface area contributed by atoms with Gasteiger partial charge in [-0.25, -0.2) is 4.98 Å². The number of benzene rings is 3. The minimum atomic E-state index is 0.531. The van der Waals surface area contributed by atoms with Crippen LogP contribution in [0, 0.1) is 0 Å². The molecule has 0 bridgehead atoms. The molecule has 1 N–H and O–H groups in total. The van der Waals surface area contributed by atoms with Gasteiger partial charge in [-0.05, 0) is 42.0 Å². The Morgan fingerprint density at radius 2 is 1.79 bits per heavy atom. The first-order valence-corrected chi connectivity index (χ1v) is 8.50. The van der Waals surface area contributed by atoms with Gasteiger partial charge >= 0.3 is 0 Å². The van der Waals surface area contributed by atoms with Crippen molar-refractivity contribution < 1.29 is 4.74 Å². The number of hydrogen-bond donors (Lipinski definition) is 1. The summed E-state index contributed by atoms with van der Waals surface area (Å²) in [6.45, 7) is 0.531. The zero-order chi connectivity index (χ0) is 16.4. The van der Waals surface area contributed by atoms with Crippen molar-refractivity contribution in [2.24, 2.45) is 0 Å². The average molecular weight is 379 g/mol. The van der Waals surface area contributed by atoms with Gasteiger partial charge in [-0.15, -0.1) is 0 Å². The molecule has 0 atom stereocenters. The Hall–Kier alpha value is -2.59. The van der Waals surface area contributed by atoms with Gasteiger partial charge in [-0.3, -0.25) is 0 Å². The third-order valence-electron chi connectivity index (χ3n) is 3.79. The zero-order valence-electron chi connectivity index (χ0n) is 12.9. The second kappa shape index (κ2) is 6.49. The molecule has 4 aromatic rings. The molecule has 118 valence electrons. The third kappa shape index (κ3) is 3.19. The van der Waals surface area contributed by atoms with Crippen LogP contribution in [0.25, 0.3) is 22.4 Å². The summed E-state index contributed by atoms with van der Waals surface area (Å²) in [6, 6.07) is 24.1. The number of halogens is 1. The van der Waals surface area contributed by atoms with E-state index >= 15 is 0 Å². The van der Waals surface area contributed by atoms with Crippen molar-refractivity contribution >= 4 is 27.0 Å². The third-order valence-corrected chi connectivity index (χ3v) is 4.28. The van der Waals surface area contributed by atoms with Crippen LogP contribution in [-0.4, -0.2) is 9.97 Å². The van der Waals surface area contributed by atoms with Crippen LogP contribution in [0.2, 0.25) is 0 Å². The van der Waals surface area contributed by atoms with Crippen molar-refractivity contribution in [2.45, 2.75) is 6.61 Å². The van der Waals surface area contributed by atoms with Crippen LogP contribution >= 0.6 is 15.9 Å². The molecule has 0 aliphatic rings. The van der Waals surface area contributed by atoms with E-state index in [1.807, 2.05) is 66.7 Å². The number of ether oxygens (including phenoxy) is 1. The molecule has 0 saturated heterocycles. The van der Waals surface area contributed by atoms with E-state index in [4.69, 9.17) is 4.74 Å². The molecular weight excluding hydrogens is 364 g/mol. The van der Waals surface area contributed by atoms with Crippen LogP contribution < -0.4 is 4.74 Å². The van der Waals surface area contributed by atoms with E-state index in [0.29, 0.717) is 6.61 Å². The van der Waals surface area contributed by atoms with Gasteiger partial charge in [0, 0.05) is 10.0 Å². The highest BCUT2D eigenvalue weighted by Crippen LogP contribution is 2.24. The van der Waals surface area contributed by atoms with E-state index in [1.54, 1.807) is 0 Å². The molecule has 0 radical (unpaired) electrons. The number of H-pyrrole nitrogens is 1. The monoisotopic (exact) mass is 378 g/mol. The number of fused-ring (bicyclic) bond motifs is 1. The lowest BCUT2D eigenvalue weighted by molar-refractivity contribution is 0.306. The van der Waals surface area contributed by atoms with Gasteiger partial charge in [0.1, 0.15) is 18.2 Å². The van der Waals surface area contributed by atoms with Crippen LogP contribution in [0.5, 0.6) is 5.75 Å². The van der Waals surface area contributed by atoms with E-state index < -0.39 is 0 Å². The van der Waals surface area contributed by atoms with Gasteiger partial charge < -0.3 is 9.72 Å². The van der Waals surface area contributed by atoms with E-state index in [1.165, 1.54) is 0 Å². The molecule has 1 aromatic heterocycles. The van der Waals surface area contributed by atoms with Gasteiger partial charge in [0.25, 0.3) is 0 Å². The number of hydrogen-bond acceptors (Lipinski definition) is 2. The molecule has 0 amide bonds. The maximum atomic E-state index is 5.92. The topological polar surface area (TPSA) is 37.9 Å². The normalized spacial score (nSPS) is 10.9. The second-order valence-electron chi connectivity index (χ2n) is 5.55. The minimum absolute atomic E-state index is 0.531. The molecule has 1 heterocycles. The maximum Gasteiger partial charge on any atom is 0.138 e. The maximum absolute atomic E-state index is 5.92. The van der Waals surface area contributed by atoms with E-state index in [9.17, 15) is 0 Å². The van der Waals surface area contributed by atoms with Gasteiger partial charge in [0.05, 0.1) is 11.0 Å². The molecular formula is C20H15BrN2O. The second-order valence-corrected chi connectivity index (χ2v) is 6.46. The summed E-state index contributed by atoms with van der Waals surface area (Å²) in [5.41, 5.74) is 4.14. The van der Waals surface area contributed by atoms with Gasteiger partial charge in [-0.1, -0.05) is 52.3 Å². The SMILES string of the molecule is Brc1cccc(COc2cccc(-c3nc4ccccc4[nH]3)c2)c1. The number of rotatable bonds is 4. The number of nitrogens with one attached hydrogen (secondary N) is 1. The first-order chi connectivity index (χ1) is 11.8. The largest absolute Gasteiger partial charge is 0.489 e. The number of para-hydroxylation sites is 2. The van der Waals surface area contributed by atoms with Gasteiger partial charge in [0.2, 0.25) is 0 Å². The van der Waals surface area contributed by atoms with E-state index in [0.717, 1.165) is 38.2 Å². The summed E-state index contributed by atoms with van der Waals surface area (Å²) in [5.74, 6) is 1.68. The molecule has 3 nitrogen and oxygen atoms in total. The predicted molar refractivity (Wildman–Crippen MR) is 100 cm³/mol. The van der Waals surface area contributed by atoms with E-state index in [2.05, 4.69) is 32.0 Å². The fourth-order valence-corrected chi connectivity index (χ4v) is 3.06. The van der Waals surface area contributed by atoms with Crippen LogP contribution in [0.4, 0.5) is 0 Å². The summed E-state index contributed by atoms with van der Waals surface area (Å²) in [4.78, 5) is 7.98. The fourth-order valence-electron chi connectivity index (χ4n) is 2.62. The summed E-state index contributed by atoms with van der Waals surface area (Å²) in [6.07, 6.45) is 0. The Balaban J connectivity index is 1.57. The highest BCUT2D eigenvalue weighted by Gasteiger charge is 2.06. The molecule has 0 aliphatic heterocycles. The number of aromatic amines is 1. The lowest BCUT2D eigenvalue weighted by Gasteiger charge is -2.07. The average Bonchev–Trinajstić information content (AvgIpc) is 3.05. The predicted octanol–water partition coefficient (Wildman–Crippen LogP) is 5.57. The molecule has 0 unspecified atom stereocenters. The van der Waals surface area contributed by atoms with Crippen molar-refractivity contribution in [2.75, 3.05) is 0 Å². The molecule has 0 saturated carbocycles. The standard InChI is InChI=1S/C20H15BrN2O/c21-16-7-3-5-14(11-16)13-24-17-8-4-6-15(12-17)20-22-18-9-1-2-10-19(18)23-20/h1-12H,13H2,(H,22,23). The molecule has 0 spiro atoms. The summed E-state index contributed by atoms with van der Waals surface area (Å²) in [5, 5.41) is 0. The Kier molecular flexibility index (Phi) is 4.05. The van der Waals surface area contributed by atoms with E-state index in [-0.39, 0.29) is 0 Å². The summed E-state index contributed by atoms with van der Waals surface area (Å²) >= 11 is 3.48. The minimum Gasteiger partial charge on any atom is -0.489 e. The molecule has 24 heavy (non-hydrogen) atoms. The Labute approximate surface area is 148 Å². The molecule has 4 heteroatoms. The Morgan fingerprint density at radius 1 is 0.917 bits per heavy atom. The fraction of sp³-hybridized carbons (Fsp3) is 0.0500. The summed E-state index contributed by atoms with van der Waals surface area (Å²) < 4.78 is 6.98. The van der Waals surface area contributed by atoms with Crippen molar-refractivity contribution in [3.63, 3.8) is 0 Å². The van der Waals surface area contributed by atoms with Crippen LogP contribution in [0.1, 0.15) is 5.56 Å². The Morgan fingerprint density at radius 3 is 2.67 bits per heavy atom. The van der Waals surface area contributed by atoms with Gasteiger partial charge in [-0.2, -0.15) is 0 Å². The zero-order valence-corrected chi connectivity index (χ0v) is 14.5. The quantitative estimate of drug-likeness (QED) is 0.503. The number of imidazole rings is 1. The molecule has 4 rings (SSSR count). The molecule has 0 fully saturated rings. The first-order valence-electron chi connectivity index (χ1n) is 7.70. The van der Waals surface area contributed by atoms with Crippen molar-refractivity contribution in [3.8, 4) is 17.1 Å². The van der Waals surface area contributed by atoms with Gasteiger partial charge in [0.15, 0.2) is 0 Å². The van der Waals surface area contributed by atoms with Crippen molar-refractivity contribution in [1.82, 2.24) is 9.97 Å². The smallest absolute Gasteiger partial charge is 0.138 e. The van der Waals surface area contributed by atoms with Crippen molar-refractivity contribution in [3.05, 3.63) is 82.8 Å². The molecule has 3 aromatic carbocycles. The number of aromatic nitrogens is 2. The van der Waals surface area contributed by atoms with Crippen LogP contribution in [-0.2, 0) is 6.61 Å². The highest BCUT2D eigenvalue weighted by atomic mass is 79.9. The first kappa shape index (κ1) is 15.0. The highest BCUT2D eigenvalue weighted by molar-refractivity contribution is 9.10. The molecule has 0 aliphatic carbocycles. The lowest BCUT2D eigenvalue weighted by atomic mass is 10.2. The lowest BCUT2D eigenvalue weighted by Crippen LogP contribution is -1.95.